The van der Waals surface area contributed by atoms with E-state index in [0.29, 0.717) is 41.3 Å². The molecule has 1 saturated heterocycles. The largest absolute Gasteiger partial charge is 0.490 e. The van der Waals surface area contributed by atoms with Gasteiger partial charge >= 0.3 is 0 Å². The molecule has 1 fully saturated rings. The van der Waals surface area contributed by atoms with E-state index in [2.05, 4.69) is 40.2 Å². The van der Waals surface area contributed by atoms with Gasteiger partial charge in [0.05, 0.1) is 5.39 Å². The SMILES string of the molecule is Cc1nnc(-c2cc3c(OC[C@@H](O)CN4CCC(c5ccc6c(c5)CC(C)O6)CC4)cccc3o2)o1. The van der Waals surface area contributed by atoms with Crippen LogP contribution in [0.15, 0.2) is 51.3 Å². The second-order valence-electron chi connectivity index (χ2n) is 9.94. The molecule has 2 aliphatic rings. The molecule has 4 aromatic rings. The van der Waals surface area contributed by atoms with Crippen molar-refractivity contribution in [1.82, 2.24) is 15.1 Å². The first-order valence-electron chi connectivity index (χ1n) is 12.7. The van der Waals surface area contributed by atoms with Gasteiger partial charge in [-0.15, -0.1) is 10.2 Å². The number of ether oxygens (including phenoxy) is 2. The minimum absolute atomic E-state index is 0.211. The molecule has 188 valence electrons. The molecule has 0 saturated carbocycles. The molecule has 36 heavy (non-hydrogen) atoms. The van der Waals surface area contributed by atoms with Gasteiger partial charge in [0, 0.05) is 26.0 Å². The fourth-order valence-corrected chi connectivity index (χ4v) is 5.34. The fraction of sp³-hybridized carbons (Fsp3) is 0.429. The molecule has 8 nitrogen and oxygen atoms in total. The summed E-state index contributed by atoms with van der Waals surface area (Å²) in [5.74, 6) is 3.57. The monoisotopic (exact) mass is 489 g/mol. The second kappa shape index (κ2) is 9.59. The van der Waals surface area contributed by atoms with Gasteiger partial charge in [0.15, 0.2) is 5.76 Å². The molecule has 2 atom stereocenters. The molecule has 0 spiro atoms. The predicted molar refractivity (Wildman–Crippen MR) is 134 cm³/mol. The van der Waals surface area contributed by atoms with Crippen molar-refractivity contribution in [2.24, 2.45) is 0 Å². The second-order valence-corrected chi connectivity index (χ2v) is 9.94. The number of aliphatic hydroxyl groups excluding tert-OH is 1. The van der Waals surface area contributed by atoms with Gasteiger partial charge in [0.25, 0.3) is 5.89 Å². The highest BCUT2D eigenvalue weighted by Crippen LogP contribution is 2.35. The highest BCUT2D eigenvalue weighted by molar-refractivity contribution is 5.87. The molecular weight excluding hydrogens is 458 g/mol. The molecule has 1 N–H and O–H groups in total. The van der Waals surface area contributed by atoms with Gasteiger partial charge in [-0.25, -0.2) is 0 Å². The van der Waals surface area contributed by atoms with E-state index in [1.165, 1.54) is 11.1 Å². The summed E-state index contributed by atoms with van der Waals surface area (Å²) < 4.78 is 23.2. The number of fused-ring (bicyclic) bond motifs is 2. The predicted octanol–water partition coefficient (Wildman–Crippen LogP) is 4.73. The van der Waals surface area contributed by atoms with E-state index < -0.39 is 6.10 Å². The van der Waals surface area contributed by atoms with E-state index >= 15 is 0 Å². The zero-order valence-electron chi connectivity index (χ0n) is 20.6. The molecule has 8 heteroatoms. The van der Waals surface area contributed by atoms with Crippen molar-refractivity contribution >= 4 is 11.0 Å². The summed E-state index contributed by atoms with van der Waals surface area (Å²) in [5, 5.41) is 19.4. The van der Waals surface area contributed by atoms with Gasteiger partial charge in [0.2, 0.25) is 5.89 Å². The quantitative estimate of drug-likeness (QED) is 0.398. The summed E-state index contributed by atoms with van der Waals surface area (Å²) in [6, 6.07) is 14.1. The van der Waals surface area contributed by atoms with E-state index in [-0.39, 0.29) is 12.7 Å². The molecule has 0 amide bonds. The summed E-state index contributed by atoms with van der Waals surface area (Å²) in [6.07, 6.45) is 2.88. The van der Waals surface area contributed by atoms with Crippen LogP contribution < -0.4 is 9.47 Å². The minimum Gasteiger partial charge on any atom is -0.490 e. The summed E-state index contributed by atoms with van der Waals surface area (Å²) in [7, 11) is 0. The Balaban J connectivity index is 1.02. The van der Waals surface area contributed by atoms with Crippen molar-refractivity contribution in [3.8, 4) is 23.1 Å². The zero-order valence-corrected chi connectivity index (χ0v) is 20.6. The lowest BCUT2D eigenvalue weighted by Crippen LogP contribution is -2.40. The molecular formula is C28H31N3O5. The molecule has 1 unspecified atom stereocenters. The van der Waals surface area contributed by atoms with Crippen LogP contribution in [0.5, 0.6) is 11.5 Å². The first-order chi connectivity index (χ1) is 17.5. The number of benzene rings is 2. The van der Waals surface area contributed by atoms with Crippen molar-refractivity contribution in [1.29, 1.82) is 0 Å². The van der Waals surface area contributed by atoms with Crippen molar-refractivity contribution in [2.45, 2.75) is 51.2 Å². The third kappa shape index (κ3) is 4.70. The number of aryl methyl sites for hydroxylation is 1. The van der Waals surface area contributed by atoms with Crippen molar-refractivity contribution in [2.75, 3.05) is 26.2 Å². The third-order valence-corrected chi connectivity index (χ3v) is 7.14. The topological polar surface area (TPSA) is 94.0 Å². The smallest absolute Gasteiger partial charge is 0.283 e. The number of piperidine rings is 1. The van der Waals surface area contributed by atoms with Crippen LogP contribution in [0.3, 0.4) is 0 Å². The highest BCUT2D eigenvalue weighted by Gasteiger charge is 2.25. The number of furan rings is 1. The number of aromatic nitrogens is 2. The lowest BCUT2D eigenvalue weighted by molar-refractivity contribution is 0.0599. The Labute approximate surface area is 209 Å². The summed E-state index contributed by atoms with van der Waals surface area (Å²) in [4.78, 5) is 2.33. The van der Waals surface area contributed by atoms with Crippen molar-refractivity contribution in [3.63, 3.8) is 0 Å². The van der Waals surface area contributed by atoms with Crippen LogP contribution in [-0.4, -0.2) is 58.7 Å². The van der Waals surface area contributed by atoms with Crippen molar-refractivity contribution in [3.05, 3.63) is 59.5 Å². The Bertz CT molecular complexity index is 1350. The maximum atomic E-state index is 10.7. The van der Waals surface area contributed by atoms with Gasteiger partial charge < -0.3 is 28.3 Å². The number of hydrogen-bond donors (Lipinski definition) is 1. The van der Waals surface area contributed by atoms with Crippen LogP contribution >= 0.6 is 0 Å². The van der Waals surface area contributed by atoms with Crippen molar-refractivity contribution < 1.29 is 23.4 Å². The zero-order chi connectivity index (χ0) is 24.6. The third-order valence-electron chi connectivity index (χ3n) is 7.14. The Morgan fingerprint density at radius 1 is 1.11 bits per heavy atom. The first-order valence-corrected chi connectivity index (χ1v) is 12.7. The van der Waals surface area contributed by atoms with Crippen LogP contribution in [0.25, 0.3) is 22.6 Å². The Morgan fingerprint density at radius 3 is 2.78 bits per heavy atom. The molecule has 2 aromatic heterocycles. The molecule has 2 aromatic carbocycles. The Hall–Kier alpha value is -3.36. The van der Waals surface area contributed by atoms with Gasteiger partial charge in [-0.05, 0) is 68.1 Å². The Morgan fingerprint density at radius 2 is 1.97 bits per heavy atom. The molecule has 6 rings (SSSR count). The normalized spacial score (nSPS) is 19.4. The van der Waals surface area contributed by atoms with Gasteiger partial charge in [-0.1, -0.05) is 18.2 Å². The number of aliphatic hydroxyl groups is 1. The number of hydrogen-bond acceptors (Lipinski definition) is 8. The maximum Gasteiger partial charge on any atom is 0.283 e. The summed E-state index contributed by atoms with van der Waals surface area (Å²) in [6.45, 7) is 6.60. The van der Waals surface area contributed by atoms with Gasteiger partial charge in [0.1, 0.15) is 35.9 Å². The number of rotatable bonds is 7. The molecule has 0 bridgehead atoms. The number of likely N-dealkylation sites (tertiary alicyclic amines) is 1. The van der Waals surface area contributed by atoms with Crippen LogP contribution in [0.2, 0.25) is 0 Å². The van der Waals surface area contributed by atoms with Gasteiger partial charge in [-0.2, -0.15) is 0 Å². The number of β-amino-alcohol motifs (C(OH)–C–C–N with tert-alkyl or cyclic N) is 1. The minimum atomic E-state index is -0.583. The van der Waals surface area contributed by atoms with E-state index in [9.17, 15) is 5.11 Å². The van der Waals surface area contributed by atoms with E-state index in [1.54, 1.807) is 6.92 Å². The van der Waals surface area contributed by atoms with Crippen LogP contribution in [0.1, 0.15) is 42.7 Å². The van der Waals surface area contributed by atoms with Crippen LogP contribution in [0, 0.1) is 6.92 Å². The molecule has 0 radical (unpaired) electrons. The molecule has 4 heterocycles. The van der Waals surface area contributed by atoms with E-state index in [1.807, 2.05) is 24.3 Å². The summed E-state index contributed by atoms with van der Waals surface area (Å²) >= 11 is 0. The Kier molecular flexibility index (Phi) is 6.15. The van der Waals surface area contributed by atoms with Gasteiger partial charge in [-0.3, -0.25) is 0 Å². The molecule has 2 aliphatic heterocycles. The summed E-state index contributed by atoms with van der Waals surface area (Å²) in [5.41, 5.74) is 3.42. The van der Waals surface area contributed by atoms with E-state index in [4.69, 9.17) is 18.3 Å². The maximum absolute atomic E-state index is 10.7. The van der Waals surface area contributed by atoms with Crippen LogP contribution in [0.4, 0.5) is 0 Å². The lowest BCUT2D eigenvalue weighted by Gasteiger charge is -2.33. The average Bonchev–Trinajstić information content (AvgIpc) is 3.59. The average molecular weight is 490 g/mol. The number of nitrogens with zero attached hydrogens (tertiary/aromatic N) is 3. The highest BCUT2D eigenvalue weighted by atomic mass is 16.5. The fourth-order valence-electron chi connectivity index (χ4n) is 5.34. The first kappa shape index (κ1) is 23.1. The lowest BCUT2D eigenvalue weighted by atomic mass is 9.88. The standard InChI is InChI=1S/C28H31N3O5/c1-17-12-21-13-20(6-7-24(21)34-17)19-8-10-31(11-9-19)15-22(32)16-33-25-4-3-5-26-23(25)14-27(36-26)28-30-29-18(2)35-28/h3-7,13-14,17,19,22,32H,8-12,15-16H2,1-2H3/t17?,22-/m0/s1. The molecule has 0 aliphatic carbocycles. The van der Waals surface area contributed by atoms with E-state index in [0.717, 1.165) is 43.5 Å². The van der Waals surface area contributed by atoms with Crippen LogP contribution in [-0.2, 0) is 6.42 Å².